The Kier molecular flexibility index (Phi) is 5.21. The second kappa shape index (κ2) is 6.91. The first-order valence-corrected chi connectivity index (χ1v) is 7.91. The smallest absolute Gasteiger partial charge is 0.0139 e. The van der Waals surface area contributed by atoms with Crippen LogP contribution in [0, 0.1) is 0 Å². The molecule has 0 amide bonds. The van der Waals surface area contributed by atoms with Crippen molar-refractivity contribution >= 4 is 22.1 Å². The summed E-state index contributed by atoms with van der Waals surface area (Å²) in [4.78, 5) is 1.53. The first-order chi connectivity index (χ1) is 8.85. The standard InChI is InChI=1S/C16H23NS/c1-3-7-14(17-10-4-2)11-16-15-9-6-5-8-13(15)12-18-16/h5-6,8-9,12,14,17H,3-4,7,10-11H2,1-2H3/t14-/m1/s1. The van der Waals surface area contributed by atoms with Gasteiger partial charge in [0.1, 0.15) is 0 Å². The predicted molar refractivity (Wildman–Crippen MR) is 82.5 cm³/mol. The van der Waals surface area contributed by atoms with E-state index in [9.17, 15) is 0 Å². The molecule has 1 N–H and O–H groups in total. The summed E-state index contributed by atoms with van der Waals surface area (Å²) < 4.78 is 0. The van der Waals surface area contributed by atoms with Crippen molar-refractivity contribution in [2.45, 2.75) is 45.6 Å². The maximum Gasteiger partial charge on any atom is 0.0139 e. The van der Waals surface area contributed by atoms with Gasteiger partial charge in [-0.25, -0.2) is 0 Å². The quantitative estimate of drug-likeness (QED) is 0.767. The minimum absolute atomic E-state index is 0.636. The minimum Gasteiger partial charge on any atom is -0.314 e. The second-order valence-corrected chi connectivity index (χ2v) is 5.85. The number of nitrogens with one attached hydrogen (secondary N) is 1. The van der Waals surface area contributed by atoms with Gasteiger partial charge in [0.25, 0.3) is 0 Å². The molecule has 1 heterocycles. The third-order valence-electron chi connectivity index (χ3n) is 3.34. The largest absolute Gasteiger partial charge is 0.314 e. The van der Waals surface area contributed by atoms with E-state index >= 15 is 0 Å². The highest BCUT2D eigenvalue weighted by atomic mass is 32.1. The molecule has 0 aliphatic carbocycles. The summed E-state index contributed by atoms with van der Waals surface area (Å²) in [5.74, 6) is 0. The van der Waals surface area contributed by atoms with Crippen molar-refractivity contribution in [3.05, 3.63) is 34.5 Å². The van der Waals surface area contributed by atoms with Crippen LogP contribution in [0.25, 0.3) is 10.8 Å². The van der Waals surface area contributed by atoms with Crippen LogP contribution in [0.1, 0.15) is 38.0 Å². The van der Waals surface area contributed by atoms with Gasteiger partial charge in [0.15, 0.2) is 0 Å². The molecule has 0 radical (unpaired) electrons. The van der Waals surface area contributed by atoms with E-state index in [0.717, 1.165) is 6.54 Å². The average Bonchev–Trinajstić information content (AvgIpc) is 2.80. The summed E-state index contributed by atoms with van der Waals surface area (Å²) in [7, 11) is 0. The van der Waals surface area contributed by atoms with E-state index in [1.54, 1.807) is 0 Å². The van der Waals surface area contributed by atoms with Gasteiger partial charge in [-0.15, -0.1) is 11.3 Å². The Morgan fingerprint density at radius 2 is 2.00 bits per heavy atom. The zero-order chi connectivity index (χ0) is 12.8. The predicted octanol–water partition coefficient (Wildman–Crippen LogP) is 4.61. The number of thiophene rings is 1. The molecule has 0 saturated carbocycles. The van der Waals surface area contributed by atoms with E-state index in [1.165, 1.54) is 41.3 Å². The molecule has 2 heteroatoms. The number of rotatable bonds is 7. The molecular weight excluding hydrogens is 238 g/mol. The fourth-order valence-electron chi connectivity index (χ4n) is 2.41. The van der Waals surface area contributed by atoms with Crippen molar-refractivity contribution in [1.82, 2.24) is 5.32 Å². The van der Waals surface area contributed by atoms with Gasteiger partial charge >= 0.3 is 0 Å². The van der Waals surface area contributed by atoms with E-state index in [-0.39, 0.29) is 0 Å². The summed E-state index contributed by atoms with van der Waals surface area (Å²) in [6.07, 6.45) is 4.91. The molecule has 1 aromatic heterocycles. The van der Waals surface area contributed by atoms with E-state index in [4.69, 9.17) is 0 Å². The highest BCUT2D eigenvalue weighted by Crippen LogP contribution is 2.27. The van der Waals surface area contributed by atoms with Crippen molar-refractivity contribution in [3.8, 4) is 0 Å². The van der Waals surface area contributed by atoms with Crippen LogP contribution in [0.4, 0.5) is 0 Å². The number of fused-ring (bicyclic) bond motifs is 1. The molecule has 2 rings (SSSR count). The van der Waals surface area contributed by atoms with Crippen LogP contribution in [0.2, 0.25) is 0 Å². The molecule has 1 aromatic carbocycles. The summed E-state index contributed by atoms with van der Waals surface area (Å²) in [5.41, 5.74) is 0. The summed E-state index contributed by atoms with van der Waals surface area (Å²) in [6, 6.07) is 9.37. The second-order valence-electron chi connectivity index (χ2n) is 4.89. The molecule has 0 spiro atoms. The molecule has 0 aliphatic rings. The van der Waals surface area contributed by atoms with Crippen LogP contribution in [0.5, 0.6) is 0 Å². The van der Waals surface area contributed by atoms with Crippen LogP contribution >= 0.6 is 11.3 Å². The van der Waals surface area contributed by atoms with Gasteiger partial charge in [-0.05, 0) is 42.0 Å². The van der Waals surface area contributed by atoms with Crippen molar-refractivity contribution in [2.75, 3.05) is 6.54 Å². The van der Waals surface area contributed by atoms with Crippen LogP contribution in [-0.2, 0) is 6.42 Å². The Labute approximate surface area is 114 Å². The zero-order valence-corrected chi connectivity index (χ0v) is 12.2. The van der Waals surface area contributed by atoms with Crippen molar-refractivity contribution in [1.29, 1.82) is 0 Å². The van der Waals surface area contributed by atoms with Gasteiger partial charge in [-0.1, -0.05) is 44.5 Å². The Morgan fingerprint density at radius 1 is 1.17 bits per heavy atom. The van der Waals surface area contributed by atoms with E-state index < -0.39 is 0 Å². The lowest BCUT2D eigenvalue weighted by Crippen LogP contribution is -2.31. The summed E-state index contributed by atoms with van der Waals surface area (Å²) >= 11 is 1.91. The van der Waals surface area contributed by atoms with Crippen LogP contribution < -0.4 is 5.32 Å². The molecule has 98 valence electrons. The van der Waals surface area contributed by atoms with Crippen LogP contribution in [0.15, 0.2) is 29.6 Å². The topological polar surface area (TPSA) is 12.0 Å². The highest BCUT2D eigenvalue weighted by molar-refractivity contribution is 7.11. The van der Waals surface area contributed by atoms with Crippen molar-refractivity contribution in [2.24, 2.45) is 0 Å². The molecule has 2 aromatic rings. The number of hydrogen-bond donors (Lipinski definition) is 1. The molecule has 0 bridgehead atoms. The number of hydrogen-bond acceptors (Lipinski definition) is 2. The van der Waals surface area contributed by atoms with Crippen LogP contribution in [-0.4, -0.2) is 12.6 Å². The first-order valence-electron chi connectivity index (χ1n) is 7.03. The van der Waals surface area contributed by atoms with E-state index in [0.29, 0.717) is 6.04 Å². The lowest BCUT2D eigenvalue weighted by molar-refractivity contribution is 0.476. The Bertz CT molecular complexity index is 475. The summed E-state index contributed by atoms with van der Waals surface area (Å²) in [5, 5.41) is 8.80. The summed E-state index contributed by atoms with van der Waals surface area (Å²) in [6.45, 7) is 5.64. The van der Waals surface area contributed by atoms with Crippen molar-refractivity contribution < 1.29 is 0 Å². The maximum atomic E-state index is 3.68. The Morgan fingerprint density at radius 3 is 2.78 bits per heavy atom. The fraction of sp³-hybridized carbons (Fsp3) is 0.500. The zero-order valence-electron chi connectivity index (χ0n) is 11.4. The highest BCUT2D eigenvalue weighted by Gasteiger charge is 2.11. The molecule has 0 saturated heterocycles. The first kappa shape index (κ1) is 13.6. The van der Waals surface area contributed by atoms with Gasteiger partial charge in [0.2, 0.25) is 0 Å². The lowest BCUT2D eigenvalue weighted by Gasteiger charge is -2.17. The van der Waals surface area contributed by atoms with Gasteiger partial charge in [-0.2, -0.15) is 0 Å². The Hall–Kier alpha value is -0.860. The van der Waals surface area contributed by atoms with E-state index in [1.807, 2.05) is 11.3 Å². The van der Waals surface area contributed by atoms with Crippen molar-refractivity contribution in [3.63, 3.8) is 0 Å². The molecule has 0 unspecified atom stereocenters. The SMILES string of the molecule is CCCN[C@H](CCC)Cc1scc2ccccc12. The minimum atomic E-state index is 0.636. The monoisotopic (exact) mass is 261 g/mol. The maximum absolute atomic E-state index is 3.68. The molecular formula is C16H23NS. The third kappa shape index (κ3) is 3.33. The molecule has 1 atom stereocenters. The normalized spacial score (nSPS) is 13.0. The molecule has 0 fully saturated rings. The lowest BCUT2D eigenvalue weighted by atomic mass is 10.0. The molecule has 1 nitrogen and oxygen atoms in total. The fourth-order valence-corrected chi connectivity index (χ4v) is 3.49. The number of benzene rings is 1. The van der Waals surface area contributed by atoms with Gasteiger partial charge in [0, 0.05) is 10.9 Å². The molecule has 0 aliphatic heterocycles. The third-order valence-corrected chi connectivity index (χ3v) is 4.38. The van der Waals surface area contributed by atoms with Crippen LogP contribution in [0.3, 0.4) is 0 Å². The van der Waals surface area contributed by atoms with Gasteiger partial charge < -0.3 is 5.32 Å². The molecule has 18 heavy (non-hydrogen) atoms. The van der Waals surface area contributed by atoms with Gasteiger partial charge in [0.05, 0.1) is 0 Å². The Balaban J connectivity index is 2.10. The van der Waals surface area contributed by atoms with E-state index in [2.05, 4.69) is 48.8 Å². The van der Waals surface area contributed by atoms with Gasteiger partial charge in [-0.3, -0.25) is 0 Å². The average molecular weight is 261 g/mol.